The summed E-state index contributed by atoms with van der Waals surface area (Å²) in [5.41, 5.74) is 2.80. The number of terminal acetylenes is 1. The number of aromatic nitrogens is 1. The first-order valence-corrected chi connectivity index (χ1v) is 14.4. The molecule has 7 nitrogen and oxygen atoms in total. The SMILES string of the molecule is C#CCOc1ccc2ccccc2c1/C=c1/sc2n(c1=O)[C@H](c1ccc(OC)cc1)C(C(=O)Nc1ccccc1)=C(C)N=2. The second-order valence-corrected chi connectivity index (χ2v) is 10.9. The number of hydrogen-bond acceptors (Lipinski definition) is 6. The molecule has 0 aliphatic carbocycles. The number of thiazole rings is 1. The zero-order valence-electron chi connectivity index (χ0n) is 23.5. The summed E-state index contributed by atoms with van der Waals surface area (Å²) in [4.78, 5) is 33.3. The molecule has 212 valence electrons. The van der Waals surface area contributed by atoms with Crippen molar-refractivity contribution in [3.63, 3.8) is 0 Å². The molecule has 6 rings (SSSR count). The van der Waals surface area contributed by atoms with Crippen LogP contribution in [0.1, 0.15) is 24.1 Å². The van der Waals surface area contributed by atoms with Crippen LogP contribution in [0.15, 0.2) is 112 Å². The Morgan fingerprint density at radius 3 is 2.53 bits per heavy atom. The fourth-order valence-corrected chi connectivity index (χ4v) is 6.26. The monoisotopic (exact) mass is 585 g/mol. The number of nitrogens with zero attached hydrogens (tertiary/aromatic N) is 2. The zero-order chi connectivity index (χ0) is 29.9. The molecule has 2 heterocycles. The van der Waals surface area contributed by atoms with Gasteiger partial charge in [0.1, 0.15) is 18.1 Å². The lowest BCUT2D eigenvalue weighted by Gasteiger charge is -2.25. The highest BCUT2D eigenvalue weighted by atomic mass is 32.1. The molecule has 1 aliphatic heterocycles. The number of hydrogen-bond donors (Lipinski definition) is 1. The van der Waals surface area contributed by atoms with E-state index in [1.807, 2.05) is 97.1 Å². The van der Waals surface area contributed by atoms with Gasteiger partial charge in [0.25, 0.3) is 11.5 Å². The Hall–Kier alpha value is -5.39. The minimum absolute atomic E-state index is 0.0942. The molecule has 0 spiro atoms. The molecule has 1 N–H and O–H groups in total. The molecule has 5 aromatic rings. The molecule has 8 heteroatoms. The summed E-state index contributed by atoms with van der Waals surface area (Å²) in [7, 11) is 1.59. The van der Waals surface area contributed by atoms with Crippen LogP contribution in [0.3, 0.4) is 0 Å². The number of rotatable bonds is 7. The van der Waals surface area contributed by atoms with Crippen LogP contribution < -0.4 is 29.7 Å². The van der Waals surface area contributed by atoms with Crippen molar-refractivity contribution in [3.05, 3.63) is 133 Å². The average molecular weight is 586 g/mol. The van der Waals surface area contributed by atoms with Gasteiger partial charge in [-0.2, -0.15) is 0 Å². The van der Waals surface area contributed by atoms with Gasteiger partial charge in [-0.25, -0.2) is 4.99 Å². The number of para-hydroxylation sites is 1. The van der Waals surface area contributed by atoms with Gasteiger partial charge in [0.05, 0.1) is 29.0 Å². The summed E-state index contributed by atoms with van der Waals surface area (Å²) in [6.45, 7) is 1.89. The molecular weight excluding hydrogens is 558 g/mol. The van der Waals surface area contributed by atoms with E-state index in [9.17, 15) is 9.59 Å². The summed E-state index contributed by atoms with van der Waals surface area (Å²) in [6.07, 6.45) is 7.30. The first kappa shape index (κ1) is 27.8. The molecule has 4 aromatic carbocycles. The van der Waals surface area contributed by atoms with Gasteiger partial charge in [-0.15, -0.1) is 6.42 Å². The van der Waals surface area contributed by atoms with E-state index in [0.717, 1.165) is 21.9 Å². The van der Waals surface area contributed by atoms with Gasteiger partial charge >= 0.3 is 0 Å². The van der Waals surface area contributed by atoms with Crippen LogP contribution in [0.4, 0.5) is 5.69 Å². The Bertz CT molecular complexity index is 2100. The Morgan fingerprint density at radius 1 is 1.05 bits per heavy atom. The fourth-order valence-electron chi connectivity index (χ4n) is 5.23. The summed E-state index contributed by atoms with van der Waals surface area (Å²) in [6, 6.07) is 27.6. The van der Waals surface area contributed by atoms with E-state index in [-0.39, 0.29) is 18.1 Å². The van der Waals surface area contributed by atoms with Crippen LogP contribution in [0.5, 0.6) is 11.5 Å². The first-order valence-electron chi connectivity index (χ1n) is 13.6. The number of ether oxygens (including phenoxy) is 2. The second-order valence-electron chi connectivity index (χ2n) is 9.87. The Kier molecular flexibility index (Phi) is 7.65. The average Bonchev–Trinajstić information content (AvgIpc) is 3.34. The Labute approximate surface area is 252 Å². The summed E-state index contributed by atoms with van der Waals surface area (Å²) >= 11 is 1.27. The van der Waals surface area contributed by atoms with Gasteiger partial charge in [-0.1, -0.05) is 77.9 Å². The van der Waals surface area contributed by atoms with Crippen molar-refractivity contribution < 1.29 is 14.3 Å². The van der Waals surface area contributed by atoms with Crippen LogP contribution in [0.25, 0.3) is 16.8 Å². The molecule has 0 bridgehead atoms. The number of anilines is 1. The fraction of sp³-hybridized carbons (Fsp3) is 0.114. The molecule has 1 aliphatic rings. The topological polar surface area (TPSA) is 81.9 Å². The van der Waals surface area contributed by atoms with Gasteiger partial charge in [0.15, 0.2) is 4.80 Å². The predicted molar refractivity (Wildman–Crippen MR) is 170 cm³/mol. The minimum Gasteiger partial charge on any atom is -0.497 e. The smallest absolute Gasteiger partial charge is 0.271 e. The lowest BCUT2D eigenvalue weighted by atomic mass is 9.95. The highest BCUT2D eigenvalue weighted by molar-refractivity contribution is 7.07. The van der Waals surface area contributed by atoms with E-state index in [1.165, 1.54) is 11.3 Å². The van der Waals surface area contributed by atoms with Crippen molar-refractivity contribution in [2.75, 3.05) is 19.0 Å². The normalized spacial score (nSPS) is 14.5. The quantitative estimate of drug-likeness (QED) is 0.271. The molecule has 1 amide bonds. The third-order valence-corrected chi connectivity index (χ3v) is 8.23. The molecule has 0 saturated carbocycles. The maximum absolute atomic E-state index is 14.2. The number of benzene rings is 4. The molecular formula is C35H27N3O4S. The third-order valence-electron chi connectivity index (χ3n) is 7.25. The van der Waals surface area contributed by atoms with Crippen molar-refractivity contribution in [1.29, 1.82) is 0 Å². The van der Waals surface area contributed by atoms with E-state index in [4.69, 9.17) is 20.9 Å². The number of methoxy groups -OCH3 is 1. The molecule has 0 fully saturated rings. The second kappa shape index (κ2) is 11.8. The highest BCUT2D eigenvalue weighted by Crippen LogP contribution is 2.32. The van der Waals surface area contributed by atoms with E-state index in [0.29, 0.717) is 37.8 Å². The standard InChI is InChI=1S/C35H27N3O4S/c1-4-20-42-29-19-16-23-10-8-9-13-27(23)28(29)21-30-34(40)38-32(24-14-17-26(41-3)18-15-24)31(22(2)36-35(38)43-30)33(39)37-25-11-6-5-7-12-25/h1,5-19,21,32H,20H2,2-3H3,(H,37,39)/b30-21+/t32-/m1/s1. The third kappa shape index (κ3) is 5.34. The predicted octanol–water partition coefficient (Wildman–Crippen LogP) is 5.05. The van der Waals surface area contributed by atoms with Gasteiger partial charge in [-0.3, -0.25) is 14.2 Å². The van der Waals surface area contributed by atoms with E-state index in [2.05, 4.69) is 11.2 Å². The summed E-state index contributed by atoms with van der Waals surface area (Å²) in [5.74, 6) is 3.42. The van der Waals surface area contributed by atoms with Crippen molar-refractivity contribution >= 4 is 39.8 Å². The number of carbonyl (C=O) groups is 1. The molecule has 0 saturated heterocycles. The van der Waals surface area contributed by atoms with Crippen molar-refractivity contribution in [2.45, 2.75) is 13.0 Å². The highest BCUT2D eigenvalue weighted by Gasteiger charge is 2.32. The molecule has 1 atom stereocenters. The van der Waals surface area contributed by atoms with Crippen LogP contribution in [0.2, 0.25) is 0 Å². The lowest BCUT2D eigenvalue weighted by molar-refractivity contribution is -0.113. The summed E-state index contributed by atoms with van der Waals surface area (Å²) < 4.78 is 13.3. The Morgan fingerprint density at radius 2 is 1.79 bits per heavy atom. The zero-order valence-corrected chi connectivity index (χ0v) is 24.4. The number of fused-ring (bicyclic) bond motifs is 2. The number of nitrogens with one attached hydrogen (secondary N) is 1. The van der Waals surface area contributed by atoms with Crippen molar-refractivity contribution in [2.24, 2.45) is 4.99 Å². The van der Waals surface area contributed by atoms with E-state index >= 15 is 0 Å². The van der Waals surface area contributed by atoms with Crippen molar-refractivity contribution in [3.8, 4) is 23.8 Å². The molecule has 0 radical (unpaired) electrons. The summed E-state index contributed by atoms with van der Waals surface area (Å²) in [5, 5.41) is 4.90. The maximum atomic E-state index is 14.2. The lowest BCUT2D eigenvalue weighted by Crippen LogP contribution is -2.40. The number of carbonyl (C=O) groups excluding carboxylic acids is 1. The molecule has 1 aromatic heterocycles. The van der Waals surface area contributed by atoms with Crippen LogP contribution in [-0.4, -0.2) is 24.2 Å². The van der Waals surface area contributed by atoms with Crippen molar-refractivity contribution in [1.82, 2.24) is 4.57 Å². The largest absolute Gasteiger partial charge is 0.497 e. The van der Waals surface area contributed by atoms with E-state index < -0.39 is 6.04 Å². The first-order chi connectivity index (χ1) is 21.0. The minimum atomic E-state index is -0.710. The number of amides is 1. The van der Waals surface area contributed by atoms with Gasteiger partial charge in [0.2, 0.25) is 0 Å². The molecule has 43 heavy (non-hydrogen) atoms. The van der Waals surface area contributed by atoms with Crippen LogP contribution >= 0.6 is 11.3 Å². The van der Waals surface area contributed by atoms with E-state index in [1.54, 1.807) is 18.6 Å². The number of allylic oxidation sites excluding steroid dienone is 1. The van der Waals surface area contributed by atoms with Crippen LogP contribution in [-0.2, 0) is 4.79 Å². The van der Waals surface area contributed by atoms with Gasteiger partial charge in [0, 0.05) is 11.3 Å². The molecule has 0 unspecified atom stereocenters. The van der Waals surface area contributed by atoms with Gasteiger partial charge in [-0.05, 0) is 59.7 Å². The Balaban J connectivity index is 1.55. The van der Waals surface area contributed by atoms with Gasteiger partial charge < -0.3 is 14.8 Å². The van der Waals surface area contributed by atoms with Crippen LogP contribution in [0, 0.1) is 12.3 Å². The maximum Gasteiger partial charge on any atom is 0.271 e.